The van der Waals surface area contributed by atoms with Gasteiger partial charge in [-0.3, -0.25) is 9.10 Å². The van der Waals surface area contributed by atoms with E-state index in [9.17, 15) is 13.2 Å². The quantitative estimate of drug-likeness (QED) is 0.739. The summed E-state index contributed by atoms with van der Waals surface area (Å²) in [5, 5.41) is 0. The Morgan fingerprint density at radius 2 is 1.83 bits per heavy atom. The van der Waals surface area contributed by atoms with Crippen molar-refractivity contribution in [2.75, 3.05) is 23.7 Å². The van der Waals surface area contributed by atoms with Gasteiger partial charge in [-0.2, -0.15) is 0 Å². The number of hydrogen-bond acceptors (Lipinski definition) is 3. The van der Waals surface area contributed by atoms with Gasteiger partial charge >= 0.3 is 0 Å². The number of likely N-dealkylation sites (tertiary alicyclic amines) is 1. The Kier molecular flexibility index (Phi) is 6.32. The summed E-state index contributed by atoms with van der Waals surface area (Å²) in [7, 11) is -3.45. The molecule has 1 fully saturated rings. The average Bonchev–Trinajstić information content (AvgIpc) is 2.67. The SMILES string of the molecule is Cc1ccc(C)c(N(Cc2ccc(C(=O)N3CCC[C@@H](C)C3)cc2)S(C)(=O)=O)c1. The van der Waals surface area contributed by atoms with Crippen molar-refractivity contribution >= 4 is 21.6 Å². The summed E-state index contributed by atoms with van der Waals surface area (Å²) in [5.41, 5.74) is 4.11. The molecule has 0 aliphatic carbocycles. The summed E-state index contributed by atoms with van der Waals surface area (Å²) in [5.74, 6) is 0.588. The van der Waals surface area contributed by atoms with Crippen molar-refractivity contribution in [2.45, 2.75) is 40.2 Å². The van der Waals surface area contributed by atoms with Gasteiger partial charge in [0.2, 0.25) is 10.0 Å². The monoisotopic (exact) mass is 414 g/mol. The Balaban J connectivity index is 1.81. The van der Waals surface area contributed by atoms with E-state index in [1.807, 2.05) is 49.1 Å². The number of aryl methyl sites for hydroxylation is 2. The van der Waals surface area contributed by atoms with Crippen LogP contribution in [0.2, 0.25) is 0 Å². The maximum absolute atomic E-state index is 12.8. The molecule has 2 aromatic rings. The largest absolute Gasteiger partial charge is 0.338 e. The Labute approximate surface area is 174 Å². The third-order valence-corrected chi connectivity index (χ3v) is 6.63. The average molecular weight is 415 g/mol. The van der Waals surface area contributed by atoms with Gasteiger partial charge in [0.05, 0.1) is 18.5 Å². The molecule has 0 radical (unpaired) electrons. The Hall–Kier alpha value is -2.34. The summed E-state index contributed by atoms with van der Waals surface area (Å²) < 4.78 is 26.4. The lowest BCUT2D eigenvalue weighted by Gasteiger charge is -2.31. The van der Waals surface area contributed by atoms with Crippen molar-refractivity contribution in [3.63, 3.8) is 0 Å². The second-order valence-electron chi connectivity index (χ2n) is 8.26. The van der Waals surface area contributed by atoms with Crippen molar-refractivity contribution in [1.29, 1.82) is 0 Å². The number of anilines is 1. The molecule has 3 rings (SSSR count). The second-order valence-corrected chi connectivity index (χ2v) is 10.2. The van der Waals surface area contributed by atoms with E-state index in [1.165, 1.54) is 17.0 Å². The molecule has 0 aromatic heterocycles. The summed E-state index contributed by atoms with van der Waals surface area (Å²) >= 11 is 0. The maximum atomic E-state index is 12.8. The Morgan fingerprint density at radius 1 is 1.14 bits per heavy atom. The van der Waals surface area contributed by atoms with Gasteiger partial charge in [-0.25, -0.2) is 8.42 Å². The van der Waals surface area contributed by atoms with Crippen LogP contribution in [0.1, 0.15) is 46.8 Å². The lowest BCUT2D eigenvalue weighted by Crippen LogP contribution is -2.39. The van der Waals surface area contributed by atoms with Crippen LogP contribution >= 0.6 is 0 Å². The molecule has 0 bridgehead atoms. The molecule has 1 heterocycles. The van der Waals surface area contributed by atoms with Crippen LogP contribution in [0.25, 0.3) is 0 Å². The van der Waals surface area contributed by atoms with Crippen molar-refractivity contribution in [3.05, 3.63) is 64.7 Å². The van der Waals surface area contributed by atoms with Crippen LogP contribution in [-0.2, 0) is 16.6 Å². The molecule has 0 unspecified atom stereocenters. The van der Waals surface area contributed by atoms with Crippen LogP contribution in [0.3, 0.4) is 0 Å². The lowest BCUT2D eigenvalue weighted by molar-refractivity contribution is 0.0683. The van der Waals surface area contributed by atoms with Gasteiger partial charge in [0, 0.05) is 18.7 Å². The van der Waals surface area contributed by atoms with Crippen LogP contribution in [0, 0.1) is 19.8 Å². The maximum Gasteiger partial charge on any atom is 0.253 e. The minimum Gasteiger partial charge on any atom is -0.338 e. The van der Waals surface area contributed by atoms with Crippen molar-refractivity contribution in [2.24, 2.45) is 5.92 Å². The van der Waals surface area contributed by atoms with E-state index >= 15 is 0 Å². The molecule has 1 saturated heterocycles. The zero-order valence-corrected chi connectivity index (χ0v) is 18.5. The molecule has 5 nitrogen and oxygen atoms in total. The third-order valence-electron chi connectivity index (χ3n) is 5.50. The van der Waals surface area contributed by atoms with Crippen LogP contribution < -0.4 is 4.31 Å². The number of amides is 1. The zero-order chi connectivity index (χ0) is 21.2. The molecule has 0 N–H and O–H groups in total. The minimum atomic E-state index is -3.45. The Morgan fingerprint density at radius 3 is 2.45 bits per heavy atom. The van der Waals surface area contributed by atoms with Gasteiger partial charge in [0.25, 0.3) is 5.91 Å². The van der Waals surface area contributed by atoms with Crippen LogP contribution in [0.4, 0.5) is 5.69 Å². The lowest BCUT2D eigenvalue weighted by atomic mass is 9.99. The standard InChI is InChI=1S/C23H30N2O3S/c1-17-7-8-19(3)22(14-17)25(29(4,27)28)16-20-9-11-21(12-10-20)23(26)24-13-5-6-18(2)15-24/h7-12,14,18H,5-6,13,15-16H2,1-4H3/t18-/m1/s1. The number of rotatable bonds is 5. The first-order valence-electron chi connectivity index (χ1n) is 10.1. The first-order valence-corrected chi connectivity index (χ1v) is 11.9. The summed E-state index contributed by atoms with van der Waals surface area (Å²) in [4.78, 5) is 14.7. The van der Waals surface area contributed by atoms with E-state index in [-0.39, 0.29) is 12.5 Å². The number of carbonyl (C=O) groups is 1. The first-order chi connectivity index (χ1) is 13.6. The van der Waals surface area contributed by atoms with Gasteiger partial charge in [0.1, 0.15) is 0 Å². The fraction of sp³-hybridized carbons (Fsp3) is 0.435. The predicted octanol–water partition coefficient (Wildman–Crippen LogP) is 4.14. The highest BCUT2D eigenvalue weighted by atomic mass is 32.2. The number of sulfonamides is 1. The molecule has 0 saturated carbocycles. The summed E-state index contributed by atoms with van der Waals surface area (Å²) in [6, 6.07) is 13.1. The highest BCUT2D eigenvalue weighted by Gasteiger charge is 2.23. The second kappa shape index (κ2) is 8.57. The van der Waals surface area contributed by atoms with E-state index < -0.39 is 10.0 Å². The molecule has 1 aliphatic heterocycles. The molecular formula is C23H30N2O3S. The van der Waals surface area contributed by atoms with Crippen molar-refractivity contribution in [3.8, 4) is 0 Å². The molecule has 1 aliphatic rings. The first kappa shape index (κ1) is 21.4. The molecular weight excluding hydrogens is 384 g/mol. The molecule has 0 spiro atoms. The third kappa shape index (κ3) is 5.18. The number of piperidine rings is 1. The van der Waals surface area contributed by atoms with Gasteiger partial charge in [-0.15, -0.1) is 0 Å². The number of nitrogens with zero attached hydrogens (tertiary/aromatic N) is 2. The highest BCUT2D eigenvalue weighted by molar-refractivity contribution is 7.92. The molecule has 156 valence electrons. The number of benzene rings is 2. The van der Waals surface area contributed by atoms with Gasteiger partial charge in [-0.1, -0.05) is 31.2 Å². The van der Waals surface area contributed by atoms with Gasteiger partial charge < -0.3 is 4.90 Å². The molecule has 2 aromatic carbocycles. The van der Waals surface area contributed by atoms with E-state index in [0.717, 1.165) is 36.2 Å². The smallest absolute Gasteiger partial charge is 0.253 e. The topological polar surface area (TPSA) is 57.7 Å². The highest BCUT2D eigenvalue weighted by Crippen LogP contribution is 2.26. The predicted molar refractivity (Wildman–Crippen MR) is 118 cm³/mol. The molecule has 1 atom stereocenters. The van der Waals surface area contributed by atoms with E-state index in [1.54, 1.807) is 12.1 Å². The van der Waals surface area contributed by atoms with Crippen molar-refractivity contribution in [1.82, 2.24) is 4.90 Å². The molecule has 1 amide bonds. The summed E-state index contributed by atoms with van der Waals surface area (Å²) in [6.07, 6.45) is 3.44. The van der Waals surface area contributed by atoms with Gasteiger partial charge in [0.15, 0.2) is 0 Å². The van der Waals surface area contributed by atoms with Crippen LogP contribution in [0.15, 0.2) is 42.5 Å². The van der Waals surface area contributed by atoms with Crippen molar-refractivity contribution < 1.29 is 13.2 Å². The minimum absolute atomic E-state index is 0.0533. The zero-order valence-electron chi connectivity index (χ0n) is 17.7. The van der Waals surface area contributed by atoms with Crippen LogP contribution in [0.5, 0.6) is 0 Å². The molecule has 29 heavy (non-hydrogen) atoms. The fourth-order valence-electron chi connectivity index (χ4n) is 3.84. The normalized spacial score (nSPS) is 17.2. The molecule has 6 heteroatoms. The van der Waals surface area contributed by atoms with E-state index in [0.29, 0.717) is 17.2 Å². The number of carbonyl (C=O) groups excluding carboxylic acids is 1. The number of hydrogen-bond donors (Lipinski definition) is 0. The van der Waals surface area contributed by atoms with E-state index in [4.69, 9.17) is 0 Å². The summed E-state index contributed by atoms with van der Waals surface area (Å²) in [6.45, 7) is 7.88. The Bertz CT molecular complexity index is 984. The van der Waals surface area contributed by atoms with E-state index in [2.05, 4.69) is 6.92 Å². The van der Waals surface area contributed by atoms with Crippen LogP contribution in [-0.4, -0.2) is 38.6 Å². The van der Waals surface area contributed by atoms with Gasteiger partial charge in [-0.05, 0) is 67.5 Å². The fourth-order valence-corrected chi connectivity index (χ4v) is 4.78.